The Morgan fingerprint density at radius 1 is 1.43 bits per heavy atom. The smallest absolute Gasteiger partial charge is 0.255 e. The van der Waals surface area contributed by atoms with Crippen molar-refractivity contribution in [1.82, 2.24) is 20.1 Å². The number of hydrogen-bond donors (Lipinski definition) is 2. The molecule has 0 saturated heterocycles. The molecular weight excluding hydrogens is 273 g/mol. The first-order valence-electron chi connectivity index (χ1n) is 6.67. The SMILES string of the molecule is Cc1cc(C)n(CCCNC(=O)c2cc(F)cnc2N)n1. The maximum absolute atomic E-state index is 13.1. The van der Waals surface area contributed by atoms with E-state index in [1.54, 1.807) is 0 Å². The van der Waals surface area contributed by atoms with Crippen molar-refractivity contribution in [2.75, 3.05) is 12.3 Å². The molecule has 0 aliphatic rings. The quantitative estimate of drug-likeness (QED) is 0.816. The molecule has 0 spiro atoms. The van der Waals surface area contributed by atoms with Crippen LogP contribution in [0.2, 0.25) is 0 Å². The van der Waals surface area contributed by atoms with Gasteiger partial charge in [-0.15, -0.1) is 0 Å². The van der Waals surface area contributed by atoms with Gasteiger partial charge in [-0.3, -0.25) is 9.48 Å². The molecule has 6 nitrogen and oxygen atoms in total. The lowest BCUT2D eigenvalue weighted by Gasteiger charge is -2.08. The molecule has 0 radical (unpaired) electrons. The predicted molar refractivity (Wildman–Crippen MR) is 77.3 cm³/mol. The van der Waals surface area contributed by atoms with Gasteiger partial charge in [0.2, 0.25) is 0 Å². The molecule has 0 aliphatic heterocycles. The van der Waals surface area contributed by atoms with E-state index in [2.05, 4.69) is 15.4 Å². The van der Waals surface area contributed by atoms with E-state index in [1.807, 2.05) is 24.6 Å². The van der Waals surface area contributed by atoms with Crippen LogP contribution in [0, 0.1) is 19.7 Å². The summed E-state index contributed by atoms with van der Waals surface area (Å²) < 4.78 is 14.9. The number of aryl methyl sites for hydroxylation is 3. The van der Waals surface area contributed by atoms with E-state index in [-0.39, 0.29) is 11.4 Å². The third kappa shape index (κ3) is 3.77. The zero-order valence-electron chi connectivity index (χ0n) is 12.1. The molecule has 7 heteroatoms. The summed E-state index contributed by atoms with van der Waals surface area (Å²) in [5, 5.41) is 7.03. The van der Waals surface area contributed by atoms with Crippen molar-refractivity contribution in [3.8, 4) is 0 Å². The average Bonchev–Trinajstić information content (AvgIpc) is 2.75. The highest BCUT2D eigenvalue weighted by Gasteiger charge is 2.11. The molecule has 0 aliphatic carbocycles. The van der Waals surface area contributed by atoms with Gasteiger partial charge in [0.25, 0.3) is 5.91 Å². The standard InChI is InChI=1S/C14H18FN5O/c1-9-6-10(2)20(19-9)5-3-4-17-14(21)12-7-11(15)8-18-13(12)16/h6-8H,3-5H2,1-2H3,(H2,16,18)(H,17,21). The number of pyridine rings is 1. The van der Waals surface area contributed by atoms with Gasteiger partial charge in [0.1, 0.15) is 11.6 Å². The Bertz CT molecular complexity index is 653. The fourth-order valence-electron chi connectivity index (χ4n) is 2.06. The average molecular weight is 291 g/mol. The van der Waals surface area contributed by atoms with Crippen molar-refractivity contribution >= 4 is 11.7 Å². The Balaban J connectivity index is 1.84. The van der Waals surface area contributed by atoms with Crippen molar-refractivity contribution < 1.29 is 9.18 Å². The van der Waals surface area contributed by atoms with Gasteiger partial charge >= 0.3 is 0 Å². The Kier molecular flexibility index (Phi) is 4.52. The second-order valence-corrected chi connectivity index (χ2v) is 4.85. The second kappa shape index (κ2) is 6.34. The number of nitrogen functional groups attached to an aromatic ring is 1. The first-order valence-corrected chi connectivity index (χ1v) is 6.67. The molecule has 2 aromatic rings. The second-order valence-electron chi connectivity index (χ2n) is 4.85. The van der Waals surface area contributed by atoms with E-state index < -0.39 is 11.7 Å². The lowest BCUT2D eigenvalue weighted by atomic mass is 10.2. The Morgan fingerprint density at radius 3 is 2.86 bits per heavy atom. The van der Waals surface area contributed by atoms with Crippen LogP contribution < -0.4 is 11.1 Å². The molecule has 2 aromatic heterocycles. The minimum Gasteiger partial charge on any atom is -0.383 e. The third-order valence-electron chi connectivity index (χ3n) is 3.07. The molecular formula is C14H18FN5O. The lowest BCUT2D eigenvalue weighted by Crippen LogP contribution is -2.26. The largest absolute Gasteiger partial charge is 0.383 e. The Labute approximate surface area is 122 Å². The summed E-state index contributed by atoms with van der Waals surface area (Å²) in [6.45, 7) is 5.08. The molecule has 0 aromatic carbocycles. The highest BCUT2D eigenvalue weighted by molar-refractivity contribution is 5.98. The normalized spacial score (nSPS) is 10.6. The zero-order chi connectivity index (χ0) is 15.4. The number of rotatable bonds is 5. The molecule has 0 saturated carbocycles. The van der Waals surface area contributed by atoms with Crippen LogP contribution in [0.15, 0.2) is 18.3 Å². The number of hydrogen-bond acceptors (Lipinski definition) is 4. The van der Waals surface area contributed by atoms with Crippen molar-refractivity contribution in [2.24, 2.45) is 0 Å². The summed E-state index contributed by atoms with van der Waals surface area (Å²) >= 11 is 0. The number of amides is 1. The first-order chi connectivity index (χ1) is 9.97. The highest BCUT2D eigenvalue weighted by atomic mass is 19.1. The molecule has 3 N–H and O–H groups in total. The summed E-state index contributed by atoms with van der Waals surface area (Å²) in [5.74, 6) is -0.989. The Morgan fingerprint density at radius 2 is 2.19 bits per heavy atom. The molecule has 2 heterocycles. The first kappa shape index (κ1) is 15.0. The summed E-state index contributed by atoms with van der Waals surface area (Å²) in [7, 11) is 0. The van der Waals surface area contributed by atoms with Crippen molar-refractivity contribution in [3.63, 3.8) is 0 Å². The van der Waals surface area contributed by atoms with Crippen LogP contribution >= 0.6 is 0 Å². The van der Waals surface area contributed by atoms with E-state index in [0.29, 0.717) is 13.1 Å². The Hall–Kier alpha value is -2.44. The van der Waals surface area contributed by atoms with Crippen LogP contribution in [-0.2, 0) is 6.54 Å². The van der Waals surface area contributed by atoms with Gasteiger partial charge in [-0.1, -0.05) is 0 Å². The van der Waals surface area contributed by atoms with E-state index in [1.165, 1.54) is 0 Å². The fraction of sp³-hybridized carbons (Fsp3) is 0.357. The summed E-state index contributed by atoms with van der Waals surface area (Å²) in [6.07, 6.45) is 1.70. The number of carbonyl (C=O) groups is 1. The van der Waals surface area contributed by atoms with Gasteiger partial charge < -0.3 is 11.1 Å². The van der Waals surface area contributed by atoms with E-state index in [0.717, 1.165) is 30.1 Å². The number of halogens is 1. The zero-order valence-corrected chi connectivity index (χ0v) is 12.1. The van der Waals surface area contributed by atoms with Gasteiger partial charge in [-0.2, -0.15) is 5.10 Å². The minimum absolute atomic E-state index is 0.0208. The maximum atomic E-state index is 13.1. The number of anilines is 1. The molecule has 0 fully saturated rings. The molecule has 2 rings (SSSR count). The van der Waals surface area contributed by atoms with Gasteiger partial charge in [0.05, 0.1) is 17.5 Å². The topological polar surface area (TPSA) is 85.8 Å². The highest BCUT2D eigenvalue weighted by Crippen LogP contribution is 2.09. The third-order valence-corrected chi connectivity index (χ3v) is 3.07. The van der Waals surface area contributed by atoms with Crippen molar-refractivity contribution in [3.05, 3.63) is 41.1 Å². The van der Waals surface area contributed by atoms with Gasteiger partial charge in [0.15, 0.2) is 0 Å². The van der Waals surface area contributed by atoms with Crippen LogP contribution in [0.25, 0.3) is 0 Å². The predicted octanol–water partition coefficient (Wildman–Crippen LogP) is 1.44. The molecule has 0 atom stereocenters. The van der Waals surface area contributed by atoms with Crippen LogP contribution in [-0.4, -0.2) is 27.2 Å². The number of aromatic nitrogens is 3. The number of carbonyl (C=O) groups excluding carboxylic acids is 1. The number of nitrogens with one attached hydrogen (secondary N) is 1. The van der Waals surface area contributed by atoms with Crippen LogP contribution in [0.4, 0.5) is 10.2 Å². The maximum Gasteiger partial charge on any atom is 0.255 e. The van der Waals surface area contributed by atoms with Crippen molar-refractivity contribution in [2.45, 2.75) is 26.8 Å². The lowest BCUT2D eigenvalue weighted by molar-refractivity contribution is 0.0952. The molecule has 0 unspecified atom stereocenters. The summed E-state index contributed by atoms with van der Waals surface area (Å²) in [4.78, 5) is 15.5. The van der Waals surface area contributed by atoms with Gasteiger partial charge in [-0.05, 0) is 32.4 Å². The minimum atomic E-state index is -0.586. The van der Waals surface area contributed by atoms with E-state index in [4.69, 9.17) is 5.73 Å². The molecule has 112 valence electrons. The number of nitrogens with zero attached hydrogens (tertiary/aromatic N) is 3. The molecule has 0 bridgehead atoms. The summed E-state index contributed by atoms with van der Waals surface area (Å²) in [6, 6.07) is 3.08. The van der Waals surface area contributed by atoms with Gasteiger partial charge in [0, 0.05) is 18.8 Å². The number of nitrogens with two attached hydrogens (primary N) is 1. The van der Waals surface area contributed by atoms with Crippen LogP contribution in [0.5, 0.6) is 0 Å². The fourth-order valence-corrected chi connectivity index (χ4v) is 2.06. The van der Waals surface area contributed by atoms with Crippen LogP contribution in [0.1, 0.15) is 28.2 Å². The molecule has 1 amide bonds. The van der Waals surface area contributed by atoms with E-state index >= 15 is 0 Å². The van der Waals surface area contributed by atoms with Crippen molar-refractivity contribution in [1.29, 1.82) is 0 Å². The van der Waals surface area contributed by atoms with E-state index in [9.17, 15) is 9.18 Å². The van der Waals surface area contributed by atoms with Crippen LogP contribution in [0.3, 0.4) is 0 Å². The monoisotopic (exact) mass is 291 g/mol. The molecule has 21 heavy (non-hydrogen) atoms. The van der Waals surface area contributed by atoms with Gasteiger partial charge in [-0.25, -0.2) is 9.37 Å². The summed E-state index contributed by atoms with van der Waals surface area (Å²) in [5.41, 5.74) is 7.66.